The Hall–Kier alpha value is -2.06. The fourth-order valence-corrected chi connectivity index (χ4v) is 4.32. The third kappa shape index (κ3) is 2.34. The Kier molecular flexibility index (Phi) is 3.27. The molecule has 2 aliphatic rings. The maximum Gasteiger partial charge on any atom is 0.231 e. The van der Waals surface area contributed by atoms with Crippen LogP contribution in [0.1, 0.15) is 0 Å². The molecule has 2 aromatic carbocycles. The Morgan fingerprint density at radius 2 is 1.00 bits per heavy atom. The van der Waals surface area contributed by atoms with E-state index in [1.165, 1.54) is 21.6 Å². The van der Waals surface area contributed by atoms with Crippen molar-refractivity contribution in [1.82, 2.24) is 0 Å². The summed E-state index contributed by atoms with van der Waals surface area (Å²) in [4.78, 5) is 1.79. The van der Waals surface area contributed by atoms with Gasteiger partial charge in [-0.3, -0.25) is 0 Å². The standard InChI is InChI=1S/C14H12N2O4S2/c15-7-1-9-11(19-5-17-9)3-13(7)21-22-14-4-12-10(2-8(14)16)18-6-20-12/h1-4H,5-6,15-16H2. The lowest BCUT2D eigenvalue weighted by molar-refractivity contribution is 0.173. The summed E-state index contributed by atoms with van der Waals surface area (Å²) in [5.74, 6) is 2.76. The average Bonchev–Trinajstić information content (AvgIpc) is 3.12. The number of hydrogen-bond acceptors (Lipinski definition) is 8. The fraction of sp³-hybridized carbons (Fsp3) is 0.143. The van der Waals surface area contributed by atoms with Crippen LogP contribution in [0.3, 0.4) is 0 Å². The molecule has 4 rings (SSSR count). The van der Waals surface area contributed by atoms with E-state index < -0.39 is 0 Å². The van der Waals surface area contributed by atoms with Crippen molar-refractivity contribution in [2.24, 2.45) is 0 Å². The van der Waals surface area contributed by atoms with Crippen LogP contribution in [-0.2, 0) is 0 Å². The first kappa shape index (κ1) is 13.6. The molecular weight excluding hydrogens is 324 g/mol. The number of hydrogen-bond donors (Lipinski definition) is 2. The highest BCUT2D eigenvalue weighted by Gasteiger charge is 2.19. The average molecular weight is 336 g/mol. The van der Waals surface area contributed by atoms with Crippen LogP contribution in [-0.4, -0.2) is 13.6 Å². The largest absolute Gasteiger partial charge is 0.454 e. The van der Waals surface area contributed by atoms with Crippen LogP contribution in [0.2, 0.25) is 0 Å². The number of nitrogens with two attached hydrogens (primary N) is 2. The van der Waals surface area contributed by atoms with Gasteiger partial charge in [0.25, 0.3) is 0 Å². The van der Waals surface area contributed by atoms with Gasteiger partial charge in [-0.25, -0.2) is 0 Å². The Labute approximate surface area is 134 Å². The van der Waals surface area contributed by atoms with E-state index >= 15 is 0 Å². The maximum atomic E-state index is 6.04. The predicted octanol–water partition coefficient (Wildman–Crippen LogP) is 3.11. The molecule has 0 spiro atoms. The van der Waals surface area contributed by atoms with E-state index in [1.807, 2.05) is 12.1 Å². The second-order valence-corrected chi connectivity index (χ2v) is 6.87. The zero-order valence-electron chi connectivity index (χ0n) is 11.3. The monoisotopic (exact) mass is 336 g/mol. The predicted molar refractivity (Wildman–Crippen MR) is 85.7 cm³/mol. The van der Waals surface area contributed by atoms with Crippen molar-refractivity contribution in [2.45, 2.75) is 9.79 Å². The van der Waals surface area contributed by atoms with Crippen LogP contribution in [0.4, 0.5) is 11.4 Å². The van der Waals surface area contributed by atoms with Gasteiger partial charge in [0.05, 0.1) is 11.4 Å². The number of ether oxygens (including phenoxy) is 4. The van der Waals surface area contributed by atoms with Gasteiger partial charge in [0.1, 0.15) is 0 Å². The van der Waals surface area contributed by atoms with Crippen LogP contribution in [0.5, 0.6) is 23.0 Å². The highest BCUT2D eigenvalue weighted by Crippen LogP contribution is 2.49. The zero-order chi connectivity index (χ0) is 15.1. The quantitative estimate of drug-likeness (QED) is 0.653. The van der Waals surface area contributed by atoms with Crippen LogP contribution in [0.25, 0.3) is 0 Å². The van der Waals surface area contributed by atoms with E-state index in [0.717, 1.165) is 9.79 Å². The highest BCUT2D eigenvalue weighted by atomic mass is 33.1. The molecule has 2 aromatic rings. The normalized spacial score (nSPS) is 14.4. The molecule has 0 aliphatic carbocycles. The van der Waals surface area contributed by atoms with E-state index in [0.29, 0.717) is 34.4 Å². The second-order valence-electron chi connectivity index (χ2n) is 4.65. The Morgan fingerprint density at radius 1 is 0.636 bits per heavy atom. The van der Waals surface area contributed by atoms with Crippen LogP contribution >= 0.6 is 21.6 Å². The van der Waals surface area contributed by atoms with E-state index in [-0.39, 0.29) is 13.6 Å². The number of fused-ring (bicyclic) bond motifs is 2. The number of rotatable bonds is 3. The highest BCUT2D eigenvalue weighted by molar-refractivity contribution is 8.76. The lowest BCUT2D eigenvalue weighted by atomic mass is 10.3. The molecule has 0 aromatic heterocycles. The molecule has 114 valence electrons. The summed E-state index contributed by atoms with van der Waals surface area (Å²) in [6.07, 6.45) is 0. The van der Waals surface area contributed by atoms with Crippen LogP contribution < -0.4 is 30.4 Å². The summed E-state index contributed by atoms with van der Waals surface area (Å²) in [6.45, 7) is 0.455. The van der Waals surface area contributed by atoms with Crippen molar-refractivity contribution in [3.63, 3.8) is 0 Å². The summed E-state index contributed by atoms with van der Waals surface area (Å²) >= 11 is 0. The summed E-state index contributed by atoms with van der Waals surface area (Å²) in [5, 5.41) is 0. The minimum absolute atomic E-state index is 0.227. The molecule has 0 unspecified atom stereocenters. The summed E-state index contributed by atoms with van der Waals surface area (Å²) in [7, 11) is 3.01. The van der Waals surface area contributed by atoms with Gasteiger partial charge >= 0.3 is 0 Å². The minimum atomic E-state index is 0.227. The Bertz CT molecular complexity index is 691. The van der Waals surface area contributed by atoms with Crippen molar-refractivity contribution in [1.29, 1.82) is 0 Å². The molecule has 0 bridgehead atoms. The molecule has 0 fully saturated rings. The Morgan fingerprint density at radius 3 is 1.41 bits per heavy atom. The van der Waals surface area contributed by atoms with Gasteiger partial charge in [0.15, 0.2) is 23.0 Å². The molecular formula is C14H12N2O4S2. The van der Waals surface area contributed by atoms with Crippen molar-refractivity contribution in [2.75, 3.05) is 25.1 Å². The van der Waals surface area contributed by atoms with E-state index in [4.69, 9.17) is 30.4 Å². The SMILES string of the molecule is Nc1cc2c(cc1SSc1cc3c(cc1N)OCO3)OCO2. The Balaban J connectivity index is 1.56. The van der Waals surface area contributed by atoms with Gasteiger partial charge in [-0.05, 0) is 0 Å². The molecule has 0 atom stereocenters. The number of anilines is 2. The van der Waals surface area contributed by atoms with E-state index in [1.54, 1.807) is 12.1 Å². The van der Waals surface area contributed by atoms with Crippen LogP contribution in [0.15, 0.2) is 34.1 Å². The number of nitrogen functional groups attached to an aromatic ring is 2. The van der Waals surface area contributed by atoms with Crippen molar-refractivity contribution >= 4 is 33.0 Å². The molecule has 4 N–H and O–H groups in total. The molecule has 8 heteroatoms. The minimum Gasteiger partial charge on any atom is -0.454 e. The van der Waals surface area contributed by atoms with Gasteiger partial charge < -0.3 is 30.4 Å². The van der Waals surface area contributed by atoms with Gasteiger partial charge in [-0.15, -0.1) is 0 Å². The molecule has 0 radical (unpaired) electrons. The van der Waals surface area contributed by atoms with Gasteiger partial charge in [0, 0.05) is 34.1 Å². The first-order chi connectivity index (χ1) is 10.7. The smallest absolute Gasteiger partial charge is 0.231 e. The fourth-order valence-electron chi connectivity index (χ4n) is 2.11. The molecule has 6 nitrogen and oxygen atoms in total. The summed E-state index contributed by atoms with van der Waals surface area (Å²) in [5.41, 5.74) is 13.4. The van der Waals surface area contributed by atoms with E-state index in [9.17, 15) is 0 Å². The van der Waals surface area contributed by atoms with Gasteiger partial charge in [0.2, 0.25) is 13.6 Å². The zero-order valence-corrected chi connectivity index (χ0v) is 13.0. The molecule has 0 saturated heterocycles. The van der Waals surface area contributed by atoms with Gasteiger partial charge in [-0.2, -0.15) is 0 Å². The van der Waals surface area contributed by atoms with Crippen molar-refractivity contribution in [3.8, 4) is 23.0 Å². The van der Waals surface area contributed by atoms with Crippen molar-refractivity contribution < 1.29 is 18.9 Å². The van der Waals surface area contributed by atoms with E-state index in [2.05, 4.69) is 0 Å². The lowest BCUT2D eigenvalue weighted by Crippen LogP contribution is -1.92. The molecule has 22 heavy (non-hydrogen) atoms. The molecule has 0 saturated carbocycles. The van der Waals surface area contributed by atoms with Crippen molar-refractivity contribution in [3.05, 3.63) is 24.3 Å². The third-order valence-electron chi connectivity index (χ3n) is 3.23. The first-order valence-corrected chi connectivity index (χ1v) is 8.58. The lowest BCUT2D eigenvalue weighted by Gasteiger charge is -2.09. The summed E-state index contributed by atoms with van der Waals surface area (Å²) < 4.78 is 21.3. The van der Waals surface area contributed by atoms with Gasteiger partial charge in [-0.1, -0.05) is 21.6 Å². The maximum absolute atomic E-state index is 6.04. The summed E-state index contributed by atoms with van der Waals surface area (Å²) in [6, 6.07) is 7.29. The first-order valence-electron chi connectivity index (χ1n) is 6.43. The van der Waals surface area contributed by atoms with Crippen LogP contribution in [0, 0.1) is 0 Å². The topological polar surface area (TPSA) is 89.0 Å². The number of benzene rings is 2. The third-order valence-corrected chi connectivity index (χ3v) is 5.71. The second kappa shape index (κ2) is 5.29. The molecule has 2 aliphatic heterocycles. The molecule has 2 heterocycles. The molecule has 0 amide bonds.